The van der Waals surface area contributed by atoms with Gasteiger partial charge in [0.25, 0.3) is 0 Å². The second kappa shape index (κ2) is 5.03. The van der Waals surface area contributed by atoms with Crippen LogP contribution in [-0.2, 0) is 4.79 Å². The number of halogens is 2. The molecular weight excluding hydrogens is 218 g/mol. The average Bonchev–Trinajstić information content (AvgIpc) is 2.16. The Morgan fingerprint density at radius 3 is 2.19 bits per heavy atom. The van der Waals surface area contributed by atoms with Crippen LogP contribution in [0.15, 0.2) is 18.2 Å². The summed E-state index contributed by atoms with van der Waals surface area (Å²) < 4.78 is 25.7. The molecule has 2 N–H and O–H groups in total. The minimum absolute atomic E-state index is 0.0632. The van der Waals surface area contributed by atoms with Gasteiger partial charge >= 0.3 is 5.97 Å². The van der Waals surface area contributed by atoms with E-state index in [2.05, 4.69) is 0 Å². The van der Waals surface area contributed by atoms with Gasteiger partial charge in [0, 0.05) is 6.07 Å². The van der Waals surface area contributed by atoms with Crippen LogP contribution in [-0.4, -0.2) is 16.2 Å². The van der Waals surface area contributed by atoms with Gasteiger partial charge in [-0.3, -0.25) is 4.79 Å². The maximum absolute atomic E-state index is 12.9. The highest BCUT2D eigenvalue weighted by atomic mass is 19.1. The lowest BCUT2D eigenvalue weighted by molar-refractivity contribution is -0.146. The van der Waals surface area contributed by atoms with Crippen LogP contribution in [0.25, 0.3) is 0 Å². The Morgan fingerprint density at radius 2 is 1.81 bits per heavy atom. The lowest BCUT2D eigenvalue weighted by atomic mass is 9.93. The van der Waals surface area contributed by atoms with Gasteiger partial charge in [-0.25, -0.2) is 8.78 Å². The highest BCUT2D eigenvalue weighted by molar-refractivity contribution is 5.71. The van der Waals surface area contributed by atoms with E-state index in [-0.39, 0.29) is 12.0 Å². The van der Waals surface area contributed by atoms with E-state index in [1.54, 1.807) is 6.92 Å². The highest BCUT2D eigenvalue weighted by Crippen LogP contribution is 2.26. The summed E-state index contributed by atoms with van der Waals surface area (Å²) in [6.07, 6.45) is -1.23. The minimum Gasteiger partial charge on any atom is -0.481 e. The van der Waals surface area contributed by atoms with Crippen LogP contribution in [0.4, 0.5) is 8.78 Å². The van der Waals surface area contributed by atoms with Gasteiger partial charge in [0.05, 0.1) is 12.0 Å². The lowest BCUT2D eigenvalue weighted by Crippen LogP contribution is -2.21. The fraction of sp³-hybridized carbons (Fsp3) is 0.364. The number of hydrogen-bond acceptors (Lipinski definition) is 2. The Kier molecular flexibility index (Phi) is 3.95. The minimum atomic E-state index is -1.41. The highest BCUT2D eigenvalue weighted by Gasteiger charge is 2.26. The van der Waals surface area contributed by atoms with Crippen LogP contribution >= 0.6 is 0 Å². The Hall–Kier alpha value is -1.49. The summed E-state index contributed by atoms with van der Waals surface area (Å²) in [5.41, 5.74) is -0.0632. The van der Waals surface area contributed by atoms with Gasteiger partial charge in [0.1, 0.15) is 11.6 Å². The molecule has 1 aromatic carbocycles. The molecule has 2 unspecified atom stereocenters. The number of hydrogen-bond donors (Lipinski definition) is 2. The average molecular weight is 230 g/mol. The van der Waals surface area contributed by atoms with Gasteiger partial charge in [0.15, 0.2) is 0 Å². The normalized spacial score (nSPS) is 14.5. The van der Waals surface area contributed by atoms with E-state index in [0.717, 1.165) is 12.1 Å². The van der Waals surface area contributed by atoms with Crippen molar-refractivity contribution in [1.29, 1.82) is 0 Å². The van der Waals surface area contributed by atoms with Crippen molar-refractivity contribution in [2.24, 2.45) is 5.92 Å². The van der Waals surface area contributed by atoms with Crippen molar-refractivity contribution < 1.29 is 23.8 Å². The zero-order valence-corrected chi connectivity index (χ0v) is 8.65. The van der Waals surface area contributed by atoms with E-state index in [0.29, 0.717) is 6.07 Å². The van der Waals surface area contributed by atoms with E-state index < -0.39 is 29.6 Å². The van der Waals surface area contributed by atoms with Crippen molar-refractivity contribution in [3.63, 3.8) is 0 Å². The number of benzene rings is 1. The third kappa shape index (κ3) is 2.76. The number of aliphatic hydroxyl groups excluding tert-OH is 1. The Balaban J connectivity index is 3.02. The second-order valence-electron chi connectivity index (χ2n) is 3.50. The molecule has 1 aromatic rings. The van der Waals surface area contributed by atoms with E-state index in [4.69, 9.17) is 5.11 Å². The molecule has 0 heterocycles. The quantitative estimate of drug-likeness (QED) is 0.832. The van der Waals surface area contributed by atoms with Crippen LogP contribution in [0.2, 0.25) is 0 Å². The maximum atomic E-state index is 12.9. The van der Waals surface area contributed by atoms with Crippen LogP contribution in [0.5, 0.6) is 0 Å². The first-order chi connectivity index (χ1) is 7.45. The lowest BCUT2D eigenvalue weighted by Gasteiger charge is -2.17. The predicted octanol–water partition coefficient (Wildman–Crippen LogP) is 2.11. The number of carboxylic acids is 1. The summed E-state index contributed by atoms with van der Waals surface area (Å²) in [7, 11) is 0. The Labute approximate surface area is 91.3 Å². The van der Waals surface area contributed by atoms with Crippen molar-refractivity contribution in [3.05, 3.63) is 35.4 Å². The fourth-order valence-electron chi connectivity index (χ4n) is 1.51. The van der Waals surface area contributed by atoms with Crippen molar-refractivity contribution >= 4 is 5.97 Å². The summed E-state index contributed by atoms with van der Waals surface area (Å²) >= 11 is 0. The summed E-state index contributed by atoms with van der Waals surface area (Å²) in [6.45, 7) is 1.58. The second-order valence-corrected chi connectivity index (χ2v) is 3.50. The molecule has 0 saturated carbocycles. The monoisotopic (exact) mass is 230 g/mol. The molecule has 88 valence electrons. The summed E-state index contributed by atoms with van der Waals surface area (Å²) in [4.78, 5) is 10.8. The molecule has 0 aromatic heterocycles. The number of aliphatic hydroxyl groups is 1. The third-order valence-electron chi connectivity index (χ3n) is 2.36. The number of carboxylic acid groups (broad SMARTS) is 1. The zero-order valence-electron chi connectivity index (χ0n) is 8.65. The van der Waals surface area contributed by atoms with Crippen LogP contribution < -0.4 is 0 Å². The SMILES string of the molecule is CCC(C(=O)O)C(O)c1cc(F)cc(F)c1. The van der Waals surface area contributed by atoms with E-state index >= 15 is 0 Å². The molecule has 1 rings (SSSR count). The summed E-state index contributed by atoms with van der Waals surface area (Å²) in [6, 6.07) is 2.52. The van der Waals surface area contributed by atoms with Crippen molar-refractivity contribution in [2.75, 3.05) is 0 Å². The molecule has 2 atom stereocenters. The number of aliphatic carboxylic acids is 1. The largest absolute Gasteiger partial charge is 0.481 e. The molecule has 0 fully saturated rings. The van der Waals surface area contributed by atoms with Crippen molar-refractivity contribution in [1.82, 2.24) is 0 Å². The van der Waals surface area contributed by atoms with E-state index in [1.807, 2.05) is 0 Å². The van der Waals surface area contributed by atoms with Gasteiger partial charge in [-0.05, 0) is 24.1 Å². The summed E-state index contributed by atoms with van der Waals surface area (Å²) in [5, 5.41) is 18.5. The third-order valence-corrected chi connectivity index (χ3v) is 2.36. The topological polar surface area (TPSA) is 57.5 Å². The molecule has 0 spiro atoms. The van der Waals surface area contributed by atoms with Crippen molar-refractivity contribution in [2.45, 2.75) is 19.4 Å². The van der Waals surface area contributed by atoms with Crippen molar-refractivity contribution in [3.8, 4) is 0 Å². The van der Waals surface area contributed by atoms with Gasteiger partial charge in [0.2, 0.25) is 0 Å². The van der Waals surface area contributed by atoms with Gasteiger partial charge in [-0.2, -0.15) is 0 Å². The van der Waals surface area contributed by atoms with Crippen LogP contribution in [0.3, 0.4) is 0 Å². The maximum Gasteiger partial charge on any atom is 0.309 e. The van der Waals surface area contributed by atoms with Crippen LogP contribution in [0, 0.1) is 17.6 Å². The molecule has 0 aliphatic carbocycles. The summed E-state index contributed by atoms with van der Waals surface area (Å²) in [5.74, 6) is -3.94. The van der Waals surface area contributed by atoms with E-state index in [9.17, 15) is 18.7 Å². The molecule has 3 nitrogen and oxygen atoms in total. The predicted molar refractivity (Wildman–Crippen MR) is 52.7 cm³/mol. The Morgan fingerprint density at radius 1 is 1.31 bits per heavy atom. The van der Waals surface area contributed by atoms with Crippen LogP contribution in [0.1, 0.15) is 25.0 Å². The van der Waals surface area contributed by atoms with Gasteiger partial charge in [-0.1, -0.05) is 6.92 Å². The molecule has 5 heteroatoms. The molecule has 0 aliphatic heterocycles. The van der Waals surface area contributed by atoms with E-state index in [1.165, 1.54) is 0 Å². The smallest absolute Gasteiger partial charge is 0.309 e. The first-order valence-electron chi connectivity index (χ1n) is 4.82. The Bertz CT molecular complexity index is 373. The molecule has 0 aliphatic rings. The van der Waals surface area contributed by atoms with Gasteiger partial charge < -0.3 is 10.2 Å². The molecule has 0 amide bonds. The fourth-order valence-corrected chi connectivity index (χ4v) is 1.51. The number of carbonyl (C=O) groups is 1. The molecule has 16 heavy (non-hydrogen) atoms. The molecule has 0 bridgehead atoms. The first kappa shape index (κ1) is 12.6. The number of rotatable bonds is 4. The standard InChI is InChI=1S/C11H12F2O3/c1-2-9(11(15)16)10(14)6-3-7(12)5-8(13)4-6/h3-5,9-10,14H,2H2,1H3,(H,15,16). The van der Waals surface area contributed by atoms with Gasteiger partial charge in [-0.15, -0.1) is 0 Å². The molecular formula is C11H12F2O3. The molecule has 0 radical (unpaired) electrons. The first-order valence-corrected chi connectivity index (χ1v) is 4.82. The zero-order chi connectivity index (χ0) is 12.3. The molecule has 0 saturated heterocycles.